The molecule has 1 heterocycles. The van der Waals surface area contributed by atoms with Gasteiger partial charge in [0, 0.05) is 26.0 Å². The lowest BCUT2D eigenvalue weighted by molar-refractivity contribution is 0.0954. The number of nitrogens with one attached hydrogen (secondary N) is 1. The fourth-order valence-electron chi connectivity index (χ4n) is 2.81. The van der Waals surface area contributed by atoms with Crippen molar-refractivity contribution < 1.29 is 9.59 Å². The molecule has 0 spiro atoms. The van der Waals surface area contributed by atoms with E-state index in [0.29, 0.717) is 23.4 Å². The van der Waals surface area contributed by atoms with Gasteiger partial charge in [-0.05, 0) is 36.2 Å². The fourth-order valence-corrected chi connectivity index (χ4v) is 2.81. The van der Waals surface area contributed by atoms with Gasteiger partial charge in [0.25, 0.3) is 11.8 Å². The summed E-state index contributed by atoms with van der Waals surface area (Å²) in [6, 6.07) is 20.5. The maximum absolute atomic E-state index is 12.7. The second-order valence-electron chi connectivity index (χ2n) is 6.11. The number of para-hydroxylation sites is 1. The summed E-state index contributed by atoms with van der Waals surface area (Å²) in [5.74, 6) is -0.417. The molecule has 0 aliphatic heterocycles. The van der Waals surface area contributed by atoms with Gasteiger partial charge >= 0.3 is 0 Å². The van der Waals surface area contributed by atoms with E-state index in [0.717, 1.165) is 12.0 Å². The van der Waals surface area contributed by atoms with Crippen molar-refractivity contribution in [2.75, 3.05) is 18.5 Å². The Morgan fingerprint density at radius 2 is 1.70 bits per heavy atom. The summed E-state index contributed by atoms with van der Waals surface area (Å²) in [5.41, 5.74) is 2.66. The third kappa shape index (κ3) is 4.58. The van der Waals surface area contributed by atoms with E-state index in [9.17, 15) is 9.59 Å². The highest BCUT2D eigenvalue weighted by molar-refractivity contribution is 6.10. The molecule has 0 saturated carbocycles. The van der Waals surface area contributed by atoms with E-state index < -0.39 is 0 Å². The van der Waals surface area contributed by atoms with Crippen molar-refractivity contribution in [3.63, 3.8) is 0 Å². The highest BCUT2D eigenvalue weighted by Gasteiger charge is 2.19. The second-order valence-corrected chi connectivity index (χ2v) is 6.11. The Morgan fingerprint density at radius 3 is 2.44 bits per heavy atom. The molecule has 3 rings (SSSR count). The Kier molecular flexibility index (Phi) is 5.94. The SMILES string of the molecule is CN(C(=O)c1cccnc1)c1ccccc1C(=O)NCCc1ccccc1. The number of carbonyl (C=O) groups is 2. The minimum Gasteiger partial charge on any atom is -0.352 e. The standard InChI is InChI=1S/C22H21N3O2/c1-25(22(27)18-10-7-14-23-16-18)20-12-6-5-11-19(20)21(26)24-15-13-17-8-3-2-4-9-17/h2-12,14,16H,13,15H2,1H3,(H,24,26). The number of hydrogen-bond acceptors (Lipinski definition) is 3. The van der Waals surface area contributed by atoms with Gasteiger partial charge in [0.15, 0.2) is 0 Å². The zero-order valence-electron chi connectivity index (χ0n) is 15.1. The molecule has 0 aliphatic carbocycles. The van der Waals surface area contributed by atoms with Crippen molar-refractivity contribution in [2.45, 2.75) is 6.42 Å². The Morgan fingerprint density at radius 1 is 0.963 bits per heavy atom. The first-order chi connectivity index (χ1) is 13.2. The van der Waals surface area contributed by atoms with Crippen molar-refractivity contribution >= 4 is 17.5 Å². The fraction of sp³-hybridized carbons (Fsp3) is 0.136. The number of pyridine rings is 1. The van der Waals surface area contributed by atoms with Crippen molar-refractivity contribution in [3.05, 3.63) is 95.8 Å². The summed E-state index contributed by atoms with van der Waals surface area (Å²) in [6.07, 6.45) is 3.88. The molecule has 0 saturated heterocycles. The Hall–Kier alpha value is -3.47. The smallest absolute Gasteiger partial charge is 0.259 e. The van der Waals surface area contributed by atoms with Gasteiger partial charge < -0.3 is 10.2 Å². The average Bonchev–Trinajstić information content (AvgIpc) is 2.74. The zero-order valence-corrected chi connectivity index (χ0v) is 15.1. The first-order valence-corrected chi connectivity index (χ1v) is 8.76. The molecule has 0 bridgehead atoms. The van der Waals surface area contributed by atoms with Gasteiger partial charge in [-0.2, -0.15) is 0 Å². The van der Waals surface area contributed by atoms with E-state index in [2.05, 4.69) is 10.3 Å². The largest absolute Gasteiger partial charge is 0.352 e. The van der Waals surface area contributed by atoms with Crippen LogP contribution in [0.1, 0.15) is 26.3 Å². The van der Waals surface area contributed by atoms with Crippen LogP contribution in [0, 0.1) is 0 Å². The van der Waals surface area contributed by atoms with Gasteiger partial charge in [-0.15, -0.1) is 0 Å². The maximum Gasteiger partial charge on any atom is 0.259 e. The molecule has 0 radical (unpaired) electrons. The first-order valence-electron chi connectivity index (χ1n) is 8.76. The van der Waals surface area contributed by atoms with Crippen LogP contribution in [0.25, 0.3) is 0 Å². The van der Waals surface area contributed by atoms with Crippen LogP contribution in [0.3, 0.4) is 0 Å². The summed E-state index contributed by atoms with van der Waals surface area (Å²) in [7, 11) is 1.66. The Balaban J connectivity index is 1.71. The number of rotatable bonds is 6. The van der Waals surface area contributed by atoms with Crippen molar-refractivity contribution in [3.8, 4) is 0 Å². The Labute approximate surface area is 158 Å². The lowest BCUT2D eigenvalue weighted by Crippen LogP contribution is -2.31. The van der Waals surface area contributed by atoms with Crippen LogP contribution in [0.2, 0.25) is 0 Å². The molecule has 136 valence electrons. The molecule has 0 atom stereocenters. The number of nitrogens with zero attached hydrogens (tertiary/aromatic N) is 2. The zero-order chi connectivity index (χ0) is 19.1. The molecule has 27 heavy (non-hydrogen) atoms. The Bertz CT molecular complexity index is 911. The van der Waals surface area contributed by atoms with Crippen LogP contribution in [0.5, 0.6) is 0 Å². The summed E-state index contributed by atoms with van der Waals surface area (Å²) in [4.78, 5) is 30.8. The molecule has 0 unspecified atom stereocenters. The van der Waals surface area contributed by atoms with E-state index in [1.165, 1.54) is 11.1 Å². The highest BCUT2D eigenvalue weighted by atomic mass is 16.2. The number of benzene rings is 2. The molecule has 5 heteroatoms. The topological polar surface area (TPSA) is 62.3 Å². The predicted octanol–water partition coefficient (Wildman–Crippen LogP) is 3.33. The number of hydrogen-bond donors (Lipinski definition) is 1. The molecule has 0 aliphatic rings. The number of amides is 2. The van der Waals surface area contributed by atoms with Gasteiger partial charge in [0.05, 0.1) is 16.8 Å². The number of anilines is 1. The molecule has 3 aromatic rings. The highest BCUT2D eigenvalue weighted by Crippen LogP contribution is 2.21. The first kappa shape index (κ1) is 18.3. The van der Waals surface area contributed by atoms with Crippen LogP contribution in [-0.4, -0.2) is 30.4 Å². The van der Waals surface area contributed by atoms with Crippen molar-refractivity contribution in [2.24, 2.45) is 0 Å². The lowest BCUT2D eigenvalue weighted by atomic mass is 10.1. The molecule has 2 amide bonds. The quantitative estimate of drug-likeness (QED) is 0.734. The van der Waals surface area contributed by atoms with Crippen LogP contribution < -0.4 is 10.2 Å². The molecule has 5 nitrogen and oxygen atoms in total. The molecule has 0 fully saturated rings. The summed E-state index contributed by atoms with van der Waals surface area (Å²) < 4.78 is 0. The van der Waals surface area contributed by atoms with Gasteiger partial charge in [0.2, 0.25) is 0 Å². The molecule has 1 aromatic heterocycles. The summed E-state index contributed by atoms with van der Waals surface area (Å²) in [6.45, 7) is 0.525. The monoisotopic (exact) mass is 359 g/mol. The third-order valence-electron chi connectivity index (χ3n) is 4.27. The number of aromatic nitrogens is 1. The minimum absolute atomic E-state index is 0.202. The van der Waals surface area contributed by atoms with Crippen LogP contribution in [0.15, 0.2) is 79.1 Å². The molecule has 2 aromatic carbocycles. The summed E-state index contributed by atoms with van der Waals surface area (Å²) >= 11 is 0. The molecule has 1 N–H and O–H groups in total. The van der Waals surface area contributed by atoms with E-state index in [-0.39, 0.29) is 11.8 Å². The van der Waals surface area contributed by atoms with E-state index in [1.54, 1.807) is 43.6 Å². The average molecular weight is 359 g/mol. The van der Waals surface area contributed by atoms with Crippen molar-refractivity contribution in [1.29, 1.82) is 0 Å². The molecular formula is C22H21N3O2. The van der Waals surface area contributed by atoms with E-state index >= 15 is 0 Å². The molecular weight excluding hydrogens is 338 g/mol. The van der Waals surface area contributed by atoms with Crippen molar-refractivity contribution in [1.82, 2.24) is 10.3 Å². The van der Waals surface area contributed by atoms with E-state index in [4.69, 9.17) is 0 Å². The van der Waals surface area contributed by atoms with Gasteiger partial charge in [-0.25, -0.2) is 0 Å². The van der Waals surface area contributed by atoms with Gasteiger partial charge in [0.1, 0.15) is 0 Å². The summed E-state index contributed by atoms with van der Waals surface area (Å²) in [5, 5.41) is 2.93. The second kappa shape index (κ2) is 8.76. The van der Waals surface area contributed by atoms with E-state index in [1.807, 2.05) is 36.4 Å². The third-order valence-corrected chi connectivity index (χ3v) is 4.27. The van der Waals surface area contributed by atoms with Crippen LogP contribution in [0.4, 0.5) is 5.69 Å². The lowest BCUT2D eigenvalue weighted by Gasteiger charge is -2.20. The normalized spacial score (nSPS) is 10.3. The predicted molar refractivity (Wildman–Crippen MR) is 106 cm³/mol. The van der Waals surface area contributed by atoms with Crippen LogP contribution >= 0.6 is 0 Å². The van der Waals surface area contributed by atoms with Gasteiger partial charge in [-0.1, -0.05) is 42.5 Å². The maximum atomic E-state index is 12.7. The van der Waals surface area contributed by atoms with Gasteiger partial charge in [-0.3, -0.25) is 14.6 Å². The minimum atomic E-state index is -0.215. The van der Waals surface area contributed by atoms with Crippen LogP contribution in [-0.2, 0) is 6.42 Å². The number of carbonyl (C=O) groups excluding carboxylic acids is 2.